The fraction of sp³-hybridized carbons (Fsp3) is 0.167. The van der Waals surface area contributed by atoms with Crippen LogP contribution in [0.3, 0.4) is 0 Å². The monoisotopic (exact) mass is 320 g/mol. The molecule has 1 aromatic carbocycles. The molecule has 0 unspecified atom stereocenters. The number of aromatic nitrogens is 2. The molecule has 2 N–H and O–H groups in total. The molecule has 0 atom stereocenters. The number of H-pyrrole nitrogens is 1. The predicted octanol–water partition coefficient (Wildman–Crippen LogP) is 3.66. The summed E-state index contributed by atoms with van der Waals surface area (Å²) < 4.78 is 49.3. The normalized spacial score (nSPS) is 12.7. The quantitative estimate of drug-likeness (QED) is 0.513. The maximum Gasteiger partial charge on any atom is 0.433 e. The highest BCUT2D eigenvalue weighted by Crippen LogP contribution is 2.26. The Balaban J connectivity index is 2.24. The van der Waals surface area contributed by atoms with Gasteiger partial charge in [-0.1, -0.05) is 18.2 Å². The Morgan fingerprint density at radius 1 is 1.43 bits per heavy atom. The molecule has 1 heterocycles. The lowest BCUT2D eigenvalue weighted by Crippen LogP contribution is -2.27. The maximum absolute atomic E-state index is 12.3. The van der Waals surface area contributed by atoms with Crippen molar-refractivity contribution in [3.05, 3.63) is 35.5 Å². The third-order valence-electron chi connectivity index (χ3n) is 2.63. The Morgan fingerprint density at radius 3 is 2.76 bits per heavy atom. The van der Waals surface area contributed by atoms with Gasteiger partial charge in [0.2, 0.25) is 0 Å². The van der Waals surface area contributed by atoms with Crippen molar-refractivity contribution in [2.75, 3.05) is 6.67 Å². The summed E-state index contributed by atoms with van der Waals surface area (Å²) in [6, 6.07) is 3.09. The van der Waals surface area contributed by atoms with Gasteiger partial charge in [-0.25, -0.2) is 4.39 Å². The van der Waals surface area contributed by atoms with E-state index in [0.717, 1.165) is 0 Å². The van der Waals surface area contributed by atoms with Crippen molar-refractivity contribution < 1.29 is 17.6 Å². The van der Waals surface area contributed by atoms with Crippen LogP contribution >= 0.6 is 11.6 Å². The van der Waals surface area contributed by atoms with E-state index in [1.807, 2.05) is 0 Å². The second kappa shape index (κ2) is 5.72. The molecule has 0 radical (unpaired) electrons. The first-order chi connectivity index (χ1) is 9.82. The third-order valence-corrected chi connectivity index (χ3v) is 2.93. The summed E-state index contributed by atoms with van der Waals surface area (Å²) in [6.45, 7) is 1.82. The molecule has 0 amide bonds. The highest BCUT2D eigenvalue weighted by Gasteiger charge is 2.35. The average Bonchev–Trinajstić information content (AvgIpc) is 2.86. The van der Waals surface area contributed by atoms with Gasteiger partial charge in [-0.15, -0.1) is 0 Å². The molecule has 1 aromatic heterocycles. The smallest absolute Gasteiger partial charge is 0.278 e. The molecule has 2 aromatic rings. The molecule has 0 saturated carbocycles. The van der Waals surface area contributed by atoms with Gasteiger partial charge in [-0.05, 0) is 12.1 Å². The Bertz CT molecular complexity index is 705. The van der Waals surface area contributed by atoms with Crippen LogP contribution in [0.25, 0.3) is 16.6 Å². The van der Waals surface area contributed by atoms with Crippen molar-refractivity contribution in [2.45, 2.75) is 6.18 Å². The Labute approximate surface area is 121 Å². The van der Waals surface area contributed by atoms with E-state index in [1.165, 1.54) is 12.3 Å². The summed E-state index contributed by atoms with van der Waals surface area (Å²) in [7, 11) is 0. The number of aromatic amines is 1. The summed E-state index contributed by atoms with van der Waals surface area (Å²) in [5, 5.41) is 10.4. The first-order valence-corrected chi connectivity index (χ1v) is 5.98. The summed E-state index contributed by atoms with van der Waals surface area (Å²) in [4.78, 5) is 0. The van der Waals surface area contributed by atoms with Crippen LogP contribution in [0.4, 0.5) is 17.6 Å². The Morgan fingerprint density at radius 2 is 2.14 bits per heavy atom. The van der Waals surface area contributed by atoms with Gasteiger partial charge in [-0.2, -0.15) is 23.4 Å². The summed E-state index contributed by atoms with van der Waals surface area (Å²) in [5.74, 6) is 0. The van der Waals surface area contributed by atoms with Gasteiger partial charge in [0.1, 0.15) is 6.67 Å². The van der Waals surface area contributed by atoms with Crippen molar-refractivity contribution in [1.29, 1.82) is 0 Å². The number of nitrogens with one attached hydrogen (secondary N) is 2. The van der Waals surface area contributed by atoms with E-state index >= 15 is 0 Å². The highest BCUT2D eigenvalue weighted by atomic mass is 35.5. The lowest BCUT2D eigenvalue weighted by molar-refractivity contribution is -0.0613. The minimum absolute atomic E-state index is 0.0511. The molecule has 0 aliphatic carbocycles. The molecular formula is C12H9ClF4N4. The molecule has 2 rings (SSSR count). The molecule has 0 fully saturated rings. The van der Waals surface area contributed by atoms with Crippen LogP contribution in [0.15, 0.2) is 30.0 Å². The third kappa shape index (κ3) is 3.33. The number of halogens is 5. The second-order valence-corrected chi connectivity index (χ2v) is 4.48. The Hall–Kier alpha value is -2.09. The molecular weight excluding hydrogens is 312 g/mol. The van der Waals surface area contributed by atoms with Crippen molar-refractivity contribution in [1.82, 2.24) is 15.6 Å². The fourth-order valence-corrected chi connectivity index (χ4v) is 1.83. The topological polar surface area (TPSA) is 53.1 Å². The van der Waals surface area contributed by atoms with Crippen LogP contribution in [-0.2, 0) is 0 Å². The number of hydrogen-bond donors (Lipinski definition) is 2. The van der Waals surface area contributed by atoms with Gasteiger partial charge in [-0.3, -0.25) is 10.5 Å². The standard InChI is InChI=1S/C12H9ClF4N4/c1-6(19-20-10(4-14)12(15,16)17)7-2-8-5-18-21-11(8)9(13)3-7/h2-3,5,19H,1,4H2,(H,18,21)/b20-10+. The zero-order chi connectivity index (χ0) is 15.6. The number of alkyl halides is 4. The molecule has 0 aliphatic heterocycles. The molecule has 9 heteroatoms. The highest BCUT2D eigenvalue weighted by molar-refractivity contribution is 6.35. The second-order valence-electron chi connectivity index (χ2n) is 4.07. The van der Waals surface area contributed by atoms with Crippen molar-refractivity contribution in [3.63, 3.8) is 0 Å². The maximum atomic E-state index is 12.3. The number of benzene rings is 1. The minimum Gasteiger partial charge on any atom is -0.278 e. The lowest BCUT2D eigenvalue weighted by atomic mass is 10.1. The zero-order valence-electron chi connectivity index (χ0n) is 10.4. The van der Waals surface area contributed by atoms with Gasteiger partial charge < -0.3 is 0 Å². The molecule has 0 spiro atoms. The fourth-order valence-electron chi connectivity index (χ4n) is 1.56. The van der Waals surface area contributed by atoms with Crippen LogP contribution in [-0.4, -0.2) is 28.8 Å². The van der Waals surface area contributed by atoms with E-state index in [0.29, 0.717) is 21.5 Å². The van der Waals surface area contributed by atoms with Crippen LogP contribution in [0, 0.1) is 0 Å². The number of hydrogen-bond acceptors (Lipinski definition) is 3. The van der Waals surface area contributed by atoms with Gasteiger partial charge in [0.05, 0.1) is 22.4 Å². The van der Waals surface area contributed by atoms with E-state index in [1.54, 1.807) is 6.07 Å². The van der Waals surface area contributed by atoms with E-state index in [2.05, 4.69) is 27.3 Å². The number of hydrazone groups is 1. The van der Waals surface area contributed by atoms with Crippen LogP contribution in [0.1, 0.15) is 5.56 Å². The Kier molecular flexibility index (Phi) is 4.17. The van der Waals surface area contributed by atoms with Crippen LogP contribution in [0.2, 0.25) is 5.02 Å². The molecule has 112 valence electrons. The first kappa shape index (κ1) is 15.3. The predicted molar refractivity (Wildman–Crippen MR) is 72.7 cm³/mol. The van der Waals surface area contributed by atoms with Crippen molar-refractivity contribution in [2.24, 2.45) is 5.10 Å². The van der Waals surface area contributed by atoms with Crippen LogP contribution in [0.5, 0.6) is 0 Å². The minimum atomic E-state index is -4.84. The lowest BCUT2D eigenvalue weighted by Gasteiger charge is -2.10. The van der Waals surface area contributed by atoms with Crippen molar-refractivity contribution in [3.8, 4) is 0 Å². The zero-order valence-corrected chi connectivity index (χ0v) is 11.2. The number of fused-ring (bicyclic) bond motifs is 1. The summed E-state index contributed by atoms with van der Waals surface area (Å²) in [5.41, 5.74) is 1.57. The SMILES string of the molecule is C=C(N/N=C(\CF)C(F)(F)F)c1cc(Cl)c2[nH]ncc2c1. The summed E-state index contributed by atoms with van der Waals surface area (Å²) in [6.07, 6.45) is -3.34. The molecule has 0 saturated heterocycles. The van der Waals surface area contributed by atoms with E-state index in [-0.39, 0.29) is 5.70 Å². The average molecular weight is 321 g/mol. The molecule has 4 nitrogen and oxygen atoms in total. The van der Waals surface area contributed by atoms with E-state index < -0.39 is 18.6 Å². The summed E-state index contributed by atoms with van der Waals surface area (Å²) >= 11 is 5.99. The van der Waals surface area contributed by atoms with Gasteiger partial charge in [0, 0.05) is 10.9 Å². The van der Waals surface area contributed by atoms with Crippen LogP contribution < -0.4 is 5.43 Å². The first-order valence-electron chi connectivity index (χ1n) is 5.60. The van der Waals surface area contributed by atoms with Gasteiger partial charge in [0.15, 0.2) is 5.71 Å². The van der Waals surface area contributed by atoms with Gasteiger partial charge in [0.25, 0.3) is 0 Å². The van der Waals surface area contributed by atoms with E-state index in [9.17, 15) is 17.6 Å². The van der Waals surface area contributed by atoms with Crippen molar-refractivity contribution >= 4 is 33.9 Å². The molecule has 0 aliphatic rings. The largest absolute Gasteiger partial charge is 0.433 e. The molecule has 0 bridgehead atoms. The van der Waals surface area contributed by atoms with E-state index in [4.69, 9.17) is 11.6 Å². The molecule has 21 heavy (non-hydrogen) atoms. The number of nitrogens with zero attached hydrogens (tertiary/aromatic N) is 2. The van der Waals surface area contributed by atoms with Gasteiger partial charge >= 0.3 is 6.18 Å². The number of rotatable bonds is 4.